The van der Waals surface area contributed by atoms with Crippen LogP contribution in [0.1, 0.15) is 17.7 Å². The summed E-state index contributed by atoms with van der Waals surface area (Å²) in [4.78, 5) is 17.6. The van der Waals surface area contributed by atoms with Gasteiger partial charge in [0, 0.05) is 41.4 Å². The van der Waals surface area contributed by atoms with Crippen molar-refractivity contribution in [3.63, 3.8) is 0 Å². The van der Waals surface area contributed by atoms with Gasteiger partial charge in [-0.1, -0.05) is 36.4 Å². The molecule has 0 aliphatic rings. The molecule has 0 aliphatic heterocycles. The number of rotatable bonds is 6. The number of aryl methyl sites for hydroxylation is 1. The van der Waals surface area contributed by atoms with E-state index >= 15 is 0 Å². The summed E-state index contributed by atoms with van der Waals surface area (Å²) in [5.74, 6) is -1.58. The summed E-state index contributed by atoms with van der Waals surface area (Å²) in [6.07, 6.45) is 2.69. The van der Waals surface area contributed by atoms with Crippen LogP contribution >= 0.6 is 11.3 Å². The highest BCUT2D eigenvalue weighted by atomic mass is 32.1. The smallest absolute Gasteiger partial charge is 0.220 e. The van der Waals surface area contributed by atoms with Gasteiger partial charge in [0.05, 0.1) is 5.69 Å². The molecule has 4 nitrogen and oxygen atoms in total. The zero-order chi connectivity index (χ0) is 19.5. The minimum Gasteiger partial charge on any atom is -0.352 e. The van der Waals surface area contributed by atoms with Crippen LogP contribution in [0.2, 0.25) is 0 Å². The Morgan fingerprint density at radius 1 is 1.07 bits per heavy atom. The van der Waals surface area contributed by atoms with Crippen LogP contribution in [-0.2, 0) is 17.8 Å². The van der Waals surface area contributed by atoms with Crippen molar-refractivity contribution in [2.45, 2.75) is 19.4 Å². The quantitative estimate of drug-likeness (QED) is 0.517. The van der Waals surface area contributed by atoms with E-state index in [0.29, 0.717) is 6.42 Å². The first-order chi connectivity index (χ1) is 13.6. The second kappa shape index (κ2) is 7.90. The number of halogens is 2. The molecule has 0 saturated heterocycles. The third-order valence-electron chi connectivity index (χ3n) is 4.49. The number of benzene rings is 2. The van der Waals surface area contributed by atoms with Gasteiger partial charge < -0.3 is 5.32 Å². The van der Waals surface area contributed by atoms with Crippen LogP contribution < -0.4 is 5.32 Å². The Hall–Kier alpha value is -3.06. The van der Waals surface area contributed by atoms with Crippen LogP contribution in [0.4, 0.5) is 8.78 Å². The molecule has 0 fully saturated rings. The lowest BCUT2D eigenvalue weighted by atomic mass is 10.2. The van der Waals surface area contributed by atoms with E-state index in [-0.39, 0.29) is 24.4 Å². The number of thiazole rings is 1. The van der Waals surface area contributed by atoms with Gasteiger partial charge in [-0.25, -0.2) is 13.8 Å². The fourth-order valence-corrected chi connectivity index (χ4v) is 3.88. The second-order valence-electron chi connectivity index (χ2n) is 6.35. The zero-order valence-corrected chi connectivity index (χ0v) is 15.7. The molecule has 1 N–H and O–H groups in total. The highest BCUT2D eigenvalue weighted by molar-refractivity contribution is 7.15. The van der Waals surface area contributed by atoms with E-state index < -0.39 is 11.6 Å². The van der Waals surface area contributed by atoms with Gasteiger partial charge in [-0.3, -0.25) is 9.20 Å². The van der Waals surface area contributed by atoms with Crippen LogP contribution in [0, 0.1) is 11.6 Å². The Bertz CT molecular complexity index is 1100. The minimum absolute atomic E-state index is 0.129. The van der Waals surface area contributed by atoms with E-state index in [1.54, 1.807) is 0 Å². The number of carbonyl (C=O) groups excluding carboxylic acids is 1. The Morgan fingerprint density at radius 2 is 1.82 bits per heavy atom. The third-order valence-corrected chi connectivity index (χ3v) is 5.37. The molecule has 1 amide bonds. The van der Waals surface area contributed by atoms with E-state index in [9.17, 15) is 13.6 Å². The molecule has 0 spiro atoms. The number of aromatic nitrogens is 2. The SMILES string of the molecule is O=C(CCc1csc2nc(-c3ccccc3)cn12)NCc1c(F)cccc1F. The summed E-state index contributed by atoms with van der Waals surface area (Å²) >= 11 is 1.52. The summed E-state index contributed by atoms with van der Waals surface area (Å²) < 4.78 is 29.2. The maximum absolute atomic E-state index is 13.6. The number of imidazole rings is 1. The van der Waals surface area contributed by atoms with Crippen molar-refractivity contribution in [3.05, 3.63) is 83.0 Å². The van der Waals surface area contributed by atoms with Crippen LogP contribution in [0.5, 0.6) is 0 Å². The fourth-order valence-electron chi connectivity index (χ4n) is 2.98. The molecule has 142 valence electrons. The highest BCUT2D eigenvalue weighted by Gasteiger charge is 2.13. The molecule has 7 heteroatoms. The first-order valence-corrected chi connectivity index (χ1v) is 9.70. The lowest BCUT2D eigenvalue weighted by molar-refractivity contribution is -0.121. The molecule has 0 radical (unpaired) electrons. The lowest BCUT2D eigenvalue weighted by Crippen LogP contribution is -2.24. The number of nitrogens with zero attached hydrogens (tertiary/aromatic N) is 2. The molecular weight excluding hydrogens is 380 g/mol. The van der Waals surface area contributed by atoms with E-state index in [0.717, 1.165) is 21.9 Å². The molecular formula is C21H17F2N3OS. The predicted octanol–water partition coefficient (Wildman–Crippen LogP) is 4.59. The van der Waals surface area contributed by atoms with Crippen molar-refractivity contribution in [1.29, 1.82) is 0 Å². The second-order valence-corrected chi connectivity index (χ2v) is 7.19. The summed E-state index contributed by atoms with van der Waals surface area (Å²) in [6.45, 7) is -0.167. The standard InChI is InChI=1S/C21H17F2N3OS/c22-17-7-4-8-18(23)16(17)11-24-20(27)10-9-15-13-28-21-25-19(12-26(15)21)14-5-2-1-3-6-14/h1-8,12-13H,9-11H2,(H,24,27). The Morgan fingerprint density at radius 3 is 2.57 bits per heavy atom. The van der Waals surface area contributed by atoms with E-state index in [1.165, 1.54) is 29.5 Å². The van der Waals surface area contributed by atoms with Crippen molar-refractivity contribution < 1.29 is 13.6 Å². The van der Waals surface area contributed by atoms with Gasteiger partial charge in [0.1, 0.15) is 11.6 Å². The topological polar surface area (TPSA) is 46.4 Å². The van der Waals surface area contributed by atoms with Crippen LogP contribution in [0.25, 0.3) is 16.2 Å². The number of nitrogens with one attached hydrogen (secondary N) is 1. The van der Waals surface area contributed by atoms with Gasteiger partial charge in [0.2, 0.25) is 5.91 Å². The normalized spacial score (nSPS) is 11.1. The zero-order valence-electron chi connectivity index (χ0n) is 14.9. The number of amides is 1. The molecule has 28 heavy (non-hydrogen) atoms. The van der Waals surface area contributed by atoms with Crippen molar-refractivity contribution >= 4 is 22.2 Å². The number of hydrogen-bond acceptors (Lipinski definition) is 3. The van der Waals surface area contributed by atoms with Gasteiger partial charge in [0.25, 0.3) is 0 Å². The van der Waals surface area contributed by atoms with Crippen molar-refractivity contribution in [1.82, 2.24) is 14.7 Å². The first kappa shape index (κ1) is 18.3. The summed E-state index contributed by atoms with van der Waals surface area (Å²) in [5.41, 5.74) is 2.76. The van der Waals surface area contributed by atoms with E-state index in [4.69, 9.17) is 0 Å². The molecule has 2 aromatic carbocycles. The molecule has 2 aromatic heterocycles. The van der Waals surface area contributed by atoms with Gasteiger partial charge in [-0.2, -0.15) is 0 Å². The third kappa shape index (κ3) is 3.80. The van der Waals surface area contributed by atoms with E-state index in [1.807, 2.05) is 46.3 Å². The number of hydrogen-bond donors (Lipinski definition) is 1. The van der Waals surface area contributed by atoms with Crippen LogP contribution in [-0.4, -0.2) is 15.3 Å². The average Bonchev–Trinajstić information content (AvgIpc) is 3.28. The molecule has 0 unspecified atom stereocenters. The minimum atomic E-state index is -0.660. The molecule has 4 rings (SSSR count). The first-order valence-electron chi connectivity index (χ1n) is 8.82. The predicted molar refractivity (Wildman–Crippen MR) is 105 cm³/mol. The lowest BCUT2D eigenvalue weighted by Gasteiger charge is -2.07. The van der Waals surface area contributed by atoms with Crippen molar-refractivity contribution in [2.24, 2.45) is 0 Å². The molecule has 4 aromatic rings. The van der Waals surface area contributed by atoms with Crippen LogP contribution in [0.15, 0.2) is 60.1 Å². The van der Waals surface area contributed by atoms with Gasteiger partial charge in [-0.05, 0) is 18.6 Å². The Kier molecular flexibility index (Phi) is 5.16. The van der Waals surface area contributed by atoms with Gasteiger partial charge >= 0.3 is 0 Å². The fraction of sp³-hybridized carbons (Fsp3) is 0.143. The molecule has 0 atom stereocenters. The largest absolute Gasteiger partial charge is 0.352 e. The Labute approximate surface area is 164 Å². The summed E-state index contributed by atoms with van der Waals surface area (Å²) in [6, 6.07) is 13.5. The molecule has 0 bridgehead atoms. The molecule has 0 saturated carbocycles. The van der Waals surface area contributed by atoms with Gasteiger partial charge in [0.15, 0.2) is 4.96 Å². The van der Waals surface area contributed by atoms with Crippen molar-refractivity contribution in [2.75, 3.05) is 0 Å². The Balaban J connectivity index is 1.40. The monoisotopic (exact) mass is 397 g/mol. The van der Waals surface area contributed by atoms with E-state index in [2.05, 4.69) is 10.3 Å². The maximum Gasteiger partial charge on any atom is 0.220 e. The number of fused-ring (bicyclic) bond motifs is 1. The summed E-state index contributed by atoms with van der Waals surface area (Å²) in [5, 5.41) is 4.55. The summed E-state index contributed by atoms with van der Waals surface area (Å²) in [7, 11) is 0. The maximum atomic E-state index is 13.6. The molecule has 0 aliphatic carbocycles. The van der Waals surface area contributed by atoms with Crippen molar-refractivity contribution in [3.8, 4) is 11.3 Å². The van der Waals surface area contributed by atoms with Crippen LogP contribution in [0.3, 0.4) is 0 Å². The average molecular weight is 397 g/mol. The van der Waals surface area contributed by atoms with Gasteiger partial charge in [-0.15, -0.1) is 11.3 Å². The molecule has 2 heterocycles. The highest BCUT2D eigenvalue weighted by Crippen LogP contribution is 2.24. The number of carbonyl (C=O) groups is 1.